The molecule has 19 heavy (non-hydrogen) atoms. The van der Waals surface area contributed by atoms with Crippen molar-refractivity contribution in [2.45, 2.75) is 52.1 Å². The van der Waals surface area contributed by atoms with Crippen molar-refractivity contribution in [3.63, 3.8) is 0 Å². The average Bonchev–Trinajstić information content (AvgIpc) is 2.41. The number of hydrogen-bond acceptors (Lipinski definition) is 2. The maximum atomic E-state index is 11.0. The monoisotopic (exact) mass is 262 g/mol. The maximum absolute atomic E-state index is 11.0. The topological polar surface area (TPSA) is 29.5 Å². The van der Waals surface area contributed by atoms with Gasteiger partial charge >= 0.3 is 0 Å². The van der Waals surface area contributed by atoms with Crippen LogP contribution < -0.4 is 4.74 Å². The van der Waals surface area contributed by atoms with Crippen molar-refractivity contribution in [2.75, 3.05) is 6.61 Å². The molecule has 0 aromatic heterocycles. The summed E-state index contributed by atoms with van der Waals surface area (Å²) in [5.74, 6) is 2.11. The Hall–Kier alpha value is -1.02. The van der Waals surface area contributed by atoms with Gasteiger partial charge in [0.05, 0.1) is 12.2 Å². The molecule has 1 saturated carbocycles. The summed E-state index contributed by atoms with van der Waals surface area (Å²) in [6.45, 7) is 7.33. The van der Waals surface area contributed by atoms with Crippen LogP contribution in [0.5, 0.6) is 5.75 Å². The van der Waals surface area contributed by atoms with Gasteiger partial charge in [0.1, 0.15) is 5.75 Å². The highest BCUT2D eigenvalue weighted by atomic mass is 16.5. The lowest BCUT2D eigenvalue weighted by molar-refractivity contribution is -0.0354. The van der Waals surface area contributed by atoms with Crippen LogP contribution in [0.1, 0.15) is 52.0 Å². The standard InChI is InChI=1S/C17H26O2/c1-4-11-19-16-8-6-5-7-15(16)17(18)10-9-13(2)14(3)12-17/h5-8,13-14,18H,4,9-12H2,1-3H3. The third kappa shape index (κ3) is 3.11. The Labute approximate surface area is 116 Å². The largest absolute Gasteiger partial charge is 0.493 e. The van der Waals surface area contributed by atoms with E-state index < -0.39 is 5.60 Å². The molecule has 1 N–H and O–H groups in total. The molecule has 1 aromatic rings. The van der Waals surface area contributed by atoms with Gasteiger partial charge in [0.15, 0.2) is 0 Å². The van der Waals surface area contributed by atoms with Crippen LogP contribution in [0.4, 0.5) is 0 Å². The summed E-state index contributed by atoms with van der Waals surface area (Å²) < 4.78 is 5.81. The van der Waals surface area contributed by atoms with E-state index in [1.807, 2.05) is 24.3 Å². The van der Waals surface area contributed by atoms with E-state index in [0.717, 1.165) is 37.0 Å². The van der Waals surface area contributed by atoms with Crippen LogP contribution in [0.15, 0.2) is 24.3 Å². The lowest BCUT2D eigenvalue weighted by Crippen LogP contribution is -2.35. The molecule has 0 saturated heterocycles. The molecule has 106 valence electrons. The molecule has 0 heterocycles. The first-order valence-electron chi connectivity index (χ1n) is 7.51. The van der Waals surface area contributed by atoms with E-state index in [1.54, 1.807) is 0 Å². The maximum Gasteiger partial charge on any atom is 0.125 e. The molecule has 1 fully saturated rings. The van der Waals surface area contributed by atoms with Gasteiger partial charge < -0.3 is 9.84 Å². The van der Waals surface area contributed by atoms with Crippen LogP contribution in [-0.4, -0.2) is 11.7 Å². The summed E-state index contributed by atoms with van der Waals surface area (Å²) in [6.07, 6.45) is 3.74. The fourth-order valence-electron chi connectivity index (χ4n) is 3.02. The second-order valence-electron chi connectivity index (χ2n) is 6.07. The third-order valence-corrected chi connectivity index (χ3v) is 4.49. The summed E-state index contributed by atoms with van der Waals surface area (Å²) in [4.78, 5) is 0. The molecule has 0 radical (unpaired) electrons. The first kappa shape index (κ1) is 14.4. The molecule has 3 atom stereocenters. The Kier molecular flexibility index (Phi) is 4.51. The summed E-state index contributed by atoms with van der Waals surface area (Å²) in [5, 5.41) is 11.0. The molecular formula is C17H26O2. The Morgan fingerprint density at radius 3 is 2.68 bits per heavy atom. The molecule has 0 spiro atoms. The number of aliphatic hydroxyl groups is 1. The number of para-hydroxylation sites is 1. The molecule has 2 nitrogen and oxygen atoms in total. The van der Waals surface area contributed by atoms with Gasteiger partial charge in [-0.05, 0) is 43.6 Å². The minimum absolute atomic E-state index is 0.554. The molecule has 1 aromatic carbocycles. The zero-order valence-corrected chi connectivity index (χ0v) is 12.4. The van der Waals surface area contributed by atoms with Crippen molar-refractivity contribution in [1.29, 1.82) is 0 Å². The summed E-state index contributed by atoms with van der Waals surface area (Å²) in [5.41, 5.74) is 0.262. The van der Waals surface area contributed by atoms with E-state index in [2.05, 4.69) is 20.8 Å². The highest BCUT2D eigenvalue weighted by molar-refractivity contribution is 5.38. The van der Waals surface area contributed by atoms with Crippen molar-refractivity contribution >= 4 is 0 Å². The number of benzene rings is 1. The van der Waals surface area contributed by atoms with Crippen molar-refractivity contribution in [2.24, 2.45) is 11.8 Å². The molecule has 2 rings (SSSR count). The van der Waals surface area contributed by atoms with Crippen LogP contribution >= 0.6 is 0 Å². The fourth-order valence-corrected chi connectivity index (χ4v) is 3.02. The Bertz CT molecular complexity index is 415. The van der Waals surface area contributed by atoms with E-state index in [9.17, 15) is 5.11 Å². The van der Waals surface area contributed by atoms with Crippen molar-refractivity contribution in [1.82, 2.24) is 0 Å². The van der Waals surface area contributed by atoms with Crippen LogP contribution in [0.2, 0.25) is 0 Å². The van der Waals surface area contributed by atoms with Gasteiger partial charge in [-0.3, -0.25) is 0 Å². The molecule has 2 heteroatoms. The minimum atomic E-state index is -0.712. The van der Waals surface area contributed by atoms with E-state index in [-0.39, 0.29) is 0 Å². The number of hydrogen-bond donors (Lipinski definition) is 1. The molecule has 1 aliphatic rings. The van der Waals surface area contributed by atoms with Gasteiger partial charge in [-0.25, -0.2) is 0 Å². The minimum Gasteiger partial charge on any atom is -0.493 e. The highest BCUT2D eigenvalue weighted by Gasteiger charge is 2.39. The lowest BCUT2D eigenvalue weighted by Gasteiger charge is -2.40. The Balaban J connectivity index is 2.25. The average molecular weight is 262 g/mol. The smallest absolute Gasteiger partial charge is 0.125 e. The van der Waals surface area contributed by atoms with Crippen LogP contribution in [0.25, 0.3) is 0 Å². The van der Waals surface area contributed by atoms with Gasteiger partial charge in [0.2, 0.25) is 0 Å². The predicted octanol–water partition coefficient (Wildman–Crippen LogP) is 4.12. The van der Waals surface area contributed by atoms with Gasteiger partial charge in [0.25, 0.3) is 0 Å². The quantitative estimate of drug-likeness (QED) is 0.884. The highest BCUT2D eigenvalue weighted by Crippen LogP contribution is 2.45. The Morgan fingerprint density at radius 2 is 2.00 bits per heavy atom. The molecule has 0 amide bonds. The second-order valence-corrected chi connectivity index (χ2v) is 6.07. The molecule has 0 bridgehead atoms. The summed E-state index contributed by atoms with van der Waals surface area (Å²) >= 11 is 0. The number of ether oxygens (including phenoxy) is 1. The number of rotatable bonds is 4. The Morgan fingerprint density at radius 1 is 1.26 bits per heavy atom. The lowest BCUT2D eigenvalue weighted by atomic mass is 9.70. The van der Waals surface area contributed by atoms with Crippen molar-refractivity contribution < 1.29 is 9.84 Å². The van der Waals surface area contributed by atoms with Gasteiger partial charge in [-0.2, -0.15) is 0 Å². The first-order valence-corrected chi connectivity index (χ1v) is 7.51. The van der Waals surface area contributed by atoms with Crippen molar-refractivity contribution in [3.8, 4) is 5.75 Å². The van der Waals surface area contributed by atoms with E-state index in [1.165, 1.54) is 0 Å². The molecule has 1 aliphatic carbocycles. The fraction of sp³-hybridized carbons (Fsp3) is 0.647. The SMILES string of the molecule is CCCOc1ccccc1C1(O)CCC(C)C(C)C1. The molecule has 3 unspecified atom stereocenters. The predicted molar refractivity (Wildman–Crippen MR) is 78.3 cm³/mol. The summed E-state index contributed by atoms with van der Waals surface area (Å²) in [7, 11) is 0. The van der Waals surface area contributed by atoms with Gasteiger partial charge in [0, 0.05) is 5.56 Å². The van der Waals surface area contributed by atoms with E-state index >= 15 is 0 Å². The summed E-state index contributed by atoms with van der Waals surface area (Å²) in [6, 6.07) is 7.97. The molecular weight excluding hydrogens is 236 g/mol. The normalized spacial score (nSPS) is 31.2. The first-order chi connectivity index (χ1) is 9.07. The van der Waals surface area contributed by atoms with Crippen molar-refractivity contribution in [3.05, 3.63) is 29.8 Å². The van der Waals surface area contributed by atoms with E-state index in [4.69, 9.17) is 4.74 Å². The second kappa shape index (κ2) is 5.96. The zero-order valence-electron chi connectivity index (χ0n) is 12.4. The third-order valence-electron chi connectivity index (χ3n) is 4.49. The van der Waals surface area contributed by atoms with Gasteiger partial charge in [-0.15, -0.1) is 0 Å². The zero-order chi connectivity index (χ0) is 13.9. The van der Waals surface area contributed by atoms with Crippen LogP contribution in [-0.2, 0) is 5.60 Å². The molecule has 0 aliphatic heterocycles. The van der Waals surface area contributed by atoms with Crippen LogP contribution in [0.3, 0.4) is 0 Å². The van der Waals surface area contributed by atoms with Crippen LogP contribution in [0, 0.1) is 11.8 Å². The van der Waals surface area contributed by atoms with Gasteiger partial charge in [-0.1, -0.05) is 39.0 Å². The van der Waals surface area contributed by atoms with E-state index in [0.29, 0.717) is 18.4 Å².